The lowest BCUT2D eigenvalue weighted by Crippen LogP contribution is -2.40. The number of likely N-dealkylation sites (N-methyl/N-ethyl adjacent to an activating group) is 1. The molecule has 4 amide bonds. The number of amides is 4. The van der Waals surface area contributed by atoms with E-state index >= 15 is 0 Å². The number of aliphatic hydroxyl groups excluding tert-OH is 3. The van der Waals surface area contributed by atoms with Gasteiger partial charge in [0.1, 0.15) is 30.3 Å². The zero-order valence-electron chi connectivity index (χ0n) is 96.5. The summed E-state index contributed by atoms with van der Waals surface area (Å²) in [6, 6.07) is 20.3. The molecule has 5 aliphatic heterocycles. The second kappa shape index (κ2) is 58.5. The Bertz CT molecular complexity index is 4490. The van der Waals surface area contributed by atoms with Gasteiger partial charge >= 0.3 is 5.97 Å². The Morgan fingerprint density at radius 3 is 1.25 bits per heavy atom. The molecule has 806 valence electrons. The molecule has 5 saturated heterocycles. The number of aldehydes is 1. The van der Waals surface area contributed by atoms with Crippen LogP contribution in [0, 0.1) is 32.5 Å². The predicted molar refractivity (Wildman–Crippen MR) is 572 cm³/mol. The van der Waals surface area contributed by atoms with Gasteiger partial charge in [-0.05, 0) is 108 Å². The molecule has 5 fully saturated rings. The summed E-state index contributed by atoms with van der Waals surface area (Å²) in [7, 11) is 11.5. The summed E-state index contributed by atoms with van der Waals surface area (Å²) in [6.45, 7) is 90.7. The number of alkyl halides is 1. The second-order valence-corrected chi connectivity index (χ2v) is 50.0. The van der Waals surface area contributed by atoms with Crippen molar-refractivity contribution >= 4 is 35.9 Å². The Morgan fingerprint density at radius 2 is 0.922 bits per heavy atom. The van der Waals surface area contributed by atoms with E-state index in [1.165, 1.54) is 26.8 Å². The maximum absolute atomic E-state index is 12.9. The Labute approximate surface area is 853 Å². The molecule has 28 nitrogen and oxygen atoms in total. The van der Waals surface area contributed by atoms with E-state index in [4.69, 9.17) is 28.8 Å². The number of hydrogen-bond donors (Lipinski definition) is 3. The third-order valence-electron chi connectivity index (χ3n) is 22.1. The van der Waals surface area contributed by atoms with Gasteiger partial charge in [-0.25, -0.2) is 29.3 Å². The van der Waals surface area contributed by atoms with E-state index in [-0.39, 0.29) is 111 Å². The predicted octanol–water partition coefficient (Wildman–Crippen LogP) is 19.2. The summed E-state index contributed by atoms with van der Waals surface area (Å²) in [4.78, 5) is 101. The molecule has 0 saturated carbocycles. The number of imidazole rings is 3. The van der Waals surface area contributed by atoms with Gasteiger partial charge in [0.25, 0.3) is 0 Å². The molecule has 0 aliphatic carbocycles. The van der Waals surface area contributed by atoms with E-state index in [2.05, 4.69) is 254 Å². The number of morpholine rings is 1. The summed E-state index contributed by atoms with van der Waals surface area (Å²) in [6.07, 6.45) is 10.9. The van der Waals surface area contributed by atoms with Gasteiger partial charge in [0.15, 0.2) is 6.29 Å². The molecule has 29 heteroatoms. The van der Waals surface area contributed by atoms with Crippen molar-refractivity contribution in [2.45, 2.75) is 359 Å². The lowest BCUT2D eigenvalue weighted by atomic mass is 9.87. The van der Waals surface area contributed by atoms with Gasteiger partial charge in [-0.1, -0.05) is 260 Å². The molecular formula is C112H197FN14O14. The molecular weight excluding hydrogens is 1780 g/mol. The molecule has 6 atom stereocenters. The van der Waals surface area contributed by atoms with Crippen LogP contribution in [0.2, 0.25) is 0 Å². The third kappa shape index (κ3) is 53.7. The van der Waals surface area contributed by atoms with E-state index in [1.807, 2.05) is 174 Å². The number of methoxy groups -OCH3 is 2. The zero-order chi connectivity index (χ0) is 110. The number of carbonyl (C=O) groups excluding carboxylic acids is 6. The average molecular weight is 1980 g/mol. The Kier molecular flexibility index (Phi) is 55.0. The minimum Gasteiger partial charge on any atom is -0.492 e. The molecule has 141 heavy (non-hydrogen) atoms. The molecule has 1 aromatic carbocycles. The molecule has 0 spiro atoms. The number of carbonyl (C=O) groups is 6. The number of aliphatic hydroxyl groups is 3. The van der Waals surface area contributed by atoms with Crippen LogP contribution >= 0.6 is 0 Å². The fraction of sp³-hybridized carbons (Fsp3) is 0.723. The van der Waals surface area contributed by atoms with Crippen molar-refractivity contribution in [2.24, 2.45) is 46.6 Å². The Hall–Kier alpha value is -8.58. The standard InChI is InChI=1S/C16H25NO2.C11H22N2O.C10H19NO2.C10H15NO.C10H13NO.C9H16FNO2.C9H16N2.C9H17NO3.2C8H14N2.C7H14O2.C5H12/c1-16(2,3)14-4-6-15(7-5-14)19-13-10-17-8-11-18-12-9-17;1-11(2,3)10(14)13-7-6-9(8-13)12(4)5;1-10(2,3)9(12)11-6-5-8(7-11)13-4;1-10(2,3)8-6-5-7-9(11-8)12-4;1-10(2,3)9-6-4-5-8(7-12)11-9;1-9(2,3)8(13)11-4-6(10)7(12)5-11;1-5-11-6-8(10-7-11)9(2,3)4;1-9(2,3)8(13)10-4-6(11)7(12)5-10;1-8(2,3)7-5-10(4)6-9-7;1-8(2,3)7-5-9-6-10(7)4;1-5-9-6(8)7(2,3)4;1-5(2,3)4/h4-7H,8-13H2,1-3H3;9H,6-8H2,1-5H3;8H,5-7H2,1-4H3;5-7H,1-4H3;4-7H,1-3H3;6-7,12H,4-5H2,1-3H3;6-7H,5H2,1-4H3;6-7,11-12H,4-5H2,1-3H3;2*5-6H,1-4H3;5H2,1-4H3;1-4H3/t;9-;8-;;;6?,7-;;6-,7-;;;;/m.10..1.0..../s1. The fourth-order valence-corrected chi connectivity index (χ4v) is 13.4. The number of aryl methyl sites for hydroxylation is 3. The van der Waals surface area contributed by atoms with Gasteiger partial charge in [-0.3, -0.25) is 33.7 Å². The summed E-state index contributed by atoms with van der Waals surface area (Å²) in [5.74, 6) is 1.89. The van der Waals surface area contributed by atoms with Gasteiger partial charge in [0.05, 0.1) is 87.6 Å². The molecule has 5 aliphatic rings. The highest BCUT2D eigenvalue weighted by Gasteiger charge is 2.40. The number of aromatic nitrogens is 8. The van der Waals surface area contributed by atoms with E-state index in [0.717, 1.165) is 114 Å². The number of halogens is 1. The van der Waals surface area contributed by atoms with Crippen LogP contribution in [0.4, 0.5) is 4.39 Å². The molecule has 0 radical (unpaired) electrons. The van der Waals surface area contributed by atoms with Gasteiger partial charge in [-0.2, -0.15) is 0 Å². The zero-order valence-corrected chi connectivity index (χ0v) is 96.5. The minimum absolute atomic E-state index is 0.0129. The van der Waals surface area contributed by atoms with Crippen molar-refractivity contribution < 1.29 is 72.2 Å². The first kappa shape index (κ1) is 132. The lowest BCUT2D eigenvalue weighted by molar-refractivity contribution is -0.152. The van der Waals surface area contributed by atoms with E-state index in [0.29, 0.717) is 29.6 Å². The second-order valence-electron chi connectivity index (χ2n) is 50.0. The van der Waals surface area contributed by atoms with Gasteiger partial charge in [-0.15, -0.1) is 0 Å². The Morgan fingerprint density at radius 1 is 0.489 bits per heavy atom. The normalized spacial score (nSPS) is 18.0. The average Bonchev–Trinajstić information content (AvgIpc) is 0.984. The SMILES string of the molecule is CC(C)(C)C.CC(C)(C)C(=O)N1CC(F)[C@H](O)C1.CC(C)(C)C(=O)N1C[C@H](O)[C@@H](O)C1.CC(C)(C)c1ccc(OCCN2CCOCC2)cc1.CC(C)(C)c1cccc(C=O)n1.CCOC(=O)C(C)(C)C.CCn1cnc(C(C)(C)C)c1.CN(C)[C@@H]1CCN(C(=O)C(C)(C)C)C1.CO[C@H]1CCN(C(=O)C(C)(C)C)C1.COc1cccc(C(C)(C)C)n1.Cn1cnc(C(C)(C)C)c1.Cn1cncc1C(C)(C)C. The number of rotatable bonds is 10. The number of nitrogens with zero attached hydrogens (tertiary/aromatic N) is 14. The van der Waals surface area contributed by atoms with Crippen LogP contribution < -0.4 is 9.47 Å². The van der Waals surface area contributed by atoms with Crippen molar-refractivity contribution in [3.8, 4) is 11.6 Å². The molecule has 11 rings (SSSR count). The number of esters is 1. The smallest absolute Gasteiger partial charge is 0.311 e. The van der Waals surface area contributed by atoms with Crippen LogP contribution in [0.3, 0.4) is 0 Å². The van der Waals surface area contributed by atoms with Gasteiger partial charge in [0, 0.05) is 190 Å². The number of pyridine rings is 2. The largest absolute Gasteiger partial charge is 0.492 e. The van der Waals surface area contributed by atoms with Crippen LogP contribution in [0.25, 0.3) is 0 Å². The van der Waals surface area contributed by atoms with Crippen LogP contribution in [0.5, 0.6) is 11.6 Å². The van der Waals surface area contributed by atoms with Crippen molar-refractivity contribution in [1.29, 1.82) is 0 Å². The number of likely N-dealkylation sites (tertiary alicyclic amines) is 4. The molecule has 6 aromatic rings. The number of hydrogen-bond acceptors (Lipinski definition) is 21. The first-order valence-corrected chi connectivity index (χ1v) is 50.3. The summed E-state index contributed by atoms with van der Waals surface area (Å²) in [5, 5.41) is 27.6. The van der Waals surface area contributed by atoms with Crippen LogP contribution in [0.15, 0.2) is 98.2 Å². The summed E-state index contributed by atoms with van der Waals surface area (Å²) >= 11 is 0. The summed E-state index contributed by atoms with van der Waals surface area (Å²) in [5.41, 5.74) is 7.03. The fourth-order valence-electron chi connectivity index (χ4n) is 13.4. The summed E-state index contributed by atoms with van der Waals surface area (Å²) < 4.78 is 45.1. The monoisotopic (exact) mass is 1980 g/mol. The molecule has 5 aromatic heterocycles. The van der Waals surface area contributed by atoms with E-state index in [9.17, 15) is 43.4 Å². The molecule has 10 heterocycles. The first-order valence-electron chi connectivity index (χ1n) is 50.3. The van der Waals surface area contributed by atoms with Crippen molar-refractivity contribution in [1.82, 2.24) is 68.0 Å². The van der Waals surface area contributed by atoms with E-state index in [1.54, 1.807) is 41.1 Å². The maximum atomic E-state index is 12.9. The molecule has 3 N–H and O–H groups in total. The minimum atomic E-state index is -1.29. The highest BCUT2D eigenvalue weighted by Crippen LogP contribution is 2.31. The Balaban J connectivity index is 0.00000153. The third-order valence-corrected chi connectivity index (χ3v) is 22.1. The van der Waals surface area contributed by atoms with Crippen LogP contribution in [-0.2, 0) is 91.3 Å². The number of benzene rings is 1. The van der Waals surface area contributed by atoms with Gasteiger partial charge < -0.3 is 77.2 Å². The molecule has 0 bridgehead atoms. The van der Waals surface area contributed by atoms with E-state index < -0.39 is 35.3 Å². The highest BCUT2D eigenvalue weighted by atomic mass is 19.1. The highest BCUT2D eigenvalue weighted by molar-refractivity contribution is 5.83. The molecule has 1 unspecified atom stereocenters. The van der Waals surface area contributed by atoms with Crippen molar-refractivity contribution in [3.05, 3.63) is 138 Å². The quantitative estimate of drug-likeness (QED) is 0.0847. The first-order chi connectivity index (χ1) is 64.1. The lowest BCUT2D eigenvalue weighted by Gasteiger charge is -2.26. The maximum Gasteiger partial charge on any atom is 0.311 e. The number of ether oxygens (including phenoxy) is 5. The van der Waals surface area contributed by atoms with Crippen molar-refractivity contribution in [2.75, 3.05) is 127 Å². The van der Waals surface area contributed by atoms with Crippen LogP contribution in [0.1, 0.15) is 327 Å². The van der Waals surface area contributed by atoms with Crippen molar-refractivity contribution in [3.63, 3.8) is 0 Å². The number of β-amino-alcohol motifs (C(OH)–C–C–N with tert-alkyl or cyclic N) is 3. The van der Waals surface area contributed by atoms with Crippen LogP contribution in [-0.4, -0.2) is 283 Å². The topological polar surface area (TPSA) is 308 Å². The van der Waals surface area contributed by atoms with Gasteiger partial charge in [0.2, 0.25) is 29.5 Å².